The molecular weight excluding hydrogens is 459 g/mol. The lowest BCUT2D eigenvalue weighted by molar-refractivity contribution is 0.0635. The summed E-state index contributed by atoms with van der Waals surface area (Å²) in [5.41, 5.74) is 7.18. The lowest BCUT2D eigenvalue weighted by Crippen LogP contribution is -2.65. The third-order valence-corrected chi connectivity index (χ3v) is 7.11. The molecule has 0 bridgehead atoms. The minimum atomic E-state index is -0.865. The summed E-state index contributed by atoms with van der Waals surface area (Å²) >= 11 is 0. The van der Waals surface area contributed by atoms with Gasteiger partial charge in [-0.2, -0.15) is 0 Å². The van der Waals surface area contributed by atoms with Crippen molar-refractivity contribution in [3.8, 4) is 11.5 Å². The van der Waals surface area contributed by atoms with E-state index in [1.165, 1.54) is 30.3 Å². The number of aromatic hydroxyl groups is 2. The van der Waals surface area contributed by atoms with Crippen molar-refractivity contribution in [1.29, 1.82) is 0 Å². The van der Waals surface area contributed by atoms with E-state index < -0.39 is 35.2 Å². The van der Waals surface area contributed by atoms with E-state index in [0.29, 0.717) is 16.7 Å². The third kappa shape index (κ3) is 4.90. The summed E-state index contributed by atoms with van der Waals surface area (Å²) in [6.07, 6.45) is 0. The SMILES string of the molecule is Cc1c(F)cccc1[C@@H]1C(C(=O)c2cccc(O)c2)[C@@H](C(C)(C)N)NC[C@@H]1C(=O)c1cccc(O)c1. The molecule has 0 saturated carbocycles. The number of phenols is 2. The van der Waals surface area contributed by atoms with Gasteiger partial charge in [0.15, 0.2) is 11.6 Å². The summed E-state index contributed by atoms with van der Waals surface area (Å²) in [6.45, 7) is 5.46. The van der Waals surface area contributed by atoms with Crippen LogP contribution in [0.15, 0.2) is 66.7 Å². The number of halogens is 1. The average Bonchev–Trinajstić information content (AvgIpc) is 2.83. The predicted octanol–water partition coefficient (Wildman–Crippen LogP) is 4.34. The number of Topliss-reactive ketones (excluding diaryl/α,β-unsaturated/α-hetero) is 2. The van der Waals surface area contributed by atoms with Crippen molar-refractivity contribution in [3.63, 3.8) is 0 Å². The molecule has 5 N–H and O–H groups in total. The summed E-state index contributed by atoms with van der Waals surface area (Å²) in [4.78, 5) is 27.9. The Bertz CT molecular complexity index is 1300. The van der Waals surface area contributed by atoms with Crippen molar-refractivity contribution < 1.29 is 24.2 Å². The first kappa shape index (κ1) is 25.5. The largest absolute Gasteiger partial charge is 0.508 e. The number of rotatable bonds is 6. The lowest BCUT2D eigenvalue weighted by atomic mass is 9.62. The van der Waals surface area contributed by atoms with Gasteiger partial charge in [-0.15, -0.1) is 0 Å². The highest BCUT2D eigenvalue weighted by atomic mass is 19.1. The molecule has 0 aromatic heterocycles. The third-order valence-electron chi connectivity index (χ3n) is 7.11. The Balaban J connectivity index is 1.93. The Kier molecular flexibility index (Phi) is 6.98. The highest BCUT2D eigenvalue weighted by Crippen LogP contribution is 2.44. The van der Waals surface area contributed by atoms with E-state index in [0.717, 1.165) is 0 Å². The van der Waals surface area contributed by atoms with E-state index in [-0.39, 0.29) is 35.2 Å². The Labute approximate surface area is 210 Å². The van der Waals surface area contributed by atoms with Gasteiger partial charge in [0.2, 0.25) is 0 Å². The quantitative estimate of drug-likeness (QED) is 0.383. The Morgan fingerprint density at radius 2 is 1.50 bits per heavy atom. The minimum Gasteiger partial charge on any atom is -0.508 e. The number of nitrogens with one attached hydrogen (secondary N) is 1. The predicted molar refractivity (Wildman–Crippen MR) is 136 cm³/mol. The fourth-order valence-corrected chi connectivity index (χ4v) is 5.38. The number of carbonyl (C=O) groups excluding carboxylic acids is 2. The minimum absolute atomic E-state index is 0.0449. The maximum Gasteiger partial charge on any atom is 0.168 e. The maximum absolute atomic E-state index is 14.8. The zero-order chi connectivity index (χ0) is 26.2. The van der Waals surface area contributed by atoms with Crippen molar-refractivity contribution in [1.82, 2.24) is 5.32 Å². The number of piperidine rings is 1. The van der Waals surface area contributed by atoms with E-state index >= 15 is 0 Å². The van der Waals surface area contributed by atoms with E-state index in [1.54, 1.807) is 57.2 Å². The first-order valence-corrected chi connectivity index (χ1v) is 11.9. The van der Waals surface area contributed by atoms with Crippen LogP contribution in [-0.2, 0) is 0 Å². The number of carbonyl (C=O) groups is 2. The molecule has 1 saturated heterocycles. The number of ketones is 2. The van der Waals surface area contributed by atoms with Crippen LogP contribution in [0, 0.1) is 24.6 Å². The molecule has 0 amide bonds. The average molecular weight is 491 g/mol. The fraction of sp³-hybridized carbons (Fsp3) is 0.310. The zero-order valence-corrected chi connectivity index (χ0v) is 20.5. The van der Waals surface area contributed by atoms with E-state index in [4.69, 9.17) is 5.73 Å². The number of hydrogen-bond acceptors (Lipinski definition) is 6. The van der Waals surface area contributed by atoms with Gasteiger partial charge in [-0.25, -0.2) is 4.39 Å². The maximum atomic E-state index is 14.8. The molecule has 7 heteroatoms. The van der Waals surface area contributed by atoms with Gasteiger partial charge >= 0.3 is 0 Å². The van der Waals surface area contributed by atoms with Gasteiger partial charge in [-0.1, -0.05) is 36.4 Å². The summed E-state index contributed by atoms with van der Waals surface area (Å²) in [7, 11) is 0. The highest BCUT2D eigenvalue weighted by molar-refractivity contribution is 6.02. The summed E-state index contributed by atoms with van der Waals surface area (Å²) in [5.74, 6) is -3.39. The van der Waals surface area contributed by atoms with Crippen LogP contribution in [0.5, 0.6) is 11.5 Å². The number of benzene rings is 3. The van der Waals surface area contributed by atoms with Crippen molar-refractivity contribution in [2.45, 2.75) is 38.3 Å². The van der Waals surface area contributed by atoms with Gasteiger partial charge < -0.3 is 21.3 Å². The Morgan fingerprint density at radius 1 is 0.944 bits per heavy atom. The van der Waals surface area contributed by atoms with Crippen LogP contribution in [0.4, 0.5) is 4.39 Å². The standard InChI is InChI=1S/C29H31FN2O4/c1-16-21(11-6-12-23(16)30)24-22(26(35)17-7-4-9-19(33)13-17)15-32-28(29(2,3)31)25(24)27(36)18-8-5-10-20(34)14-18/h4-14,22,24-25,28,32-34H,15,31H2,1-3H3/t22-,24-,25?,28-/m0/s1. The van der Waals surface area contributed by atoms with Gasteiger partial charge in [-0.3, -0.25) is 9.59 Å². The molecular formula is C29H31FN2O4. The van der Waals surface area contributed by atoms with Gasteiger partial charge in [-0.05, 0) is 62.2 Å². The van der Waals surface area contributed by atoms with Crippen LogP contribution in [0.2, 0.25) is 0 Å². The van der Waals surface area contributed by atoms with E-state index in [1.807, 2.05) is 0 Å². The second kappa shape index (κ2) is 9.84. The Hall–Kier alpha value is -3.55. The molecule has 4 rings (SSSR count). The summed E-state index contributed by atoms with van der Waals surface area (Å²) in [5, 5.41) is 23.4. The van der Waals surface area contributed by atoms with Crippen LogP contribution in [0.3, 0.4) is 0 Å². The molecule has 3 aromatic rings. The number of hydrogen-bond donors (Lipinski definition) is 4. The van der Waals surface area contributed by atoms with Crippen molar-refractivity contribution in [2.24, 2.45) is 17.6 Å². The second-order valence-electron chi connectivity index (χ2n) is 10.1. The van der Waals surface area contributed by atoms with Crippen molar-refractivity contribution in [2.75, 3.05) is 6.54 Å². The summed E-state index contributed by atoms with van der Waals surface area (Å²) < 4.78 is 14.8. The van der Waals surface area contributed by atoms with Crippen LogP contribution in [0.1, 0.15) is 51.6 Å². The molecule has 3 aromatic carbocycles. The van der Waals surface area contributed by atoms with Crippen LogP contribution in [0.25, 0.3) is 0 Å². The van der Waals surface area contributed by atoms with E-state index in [9.17, 15) is 24.2 Å². The van der Waals surface area contributed by atoms with Gasteiger partial charge in [0.1, 0.15) is 17.3 Å². The Morgan fingerprint density at radius 3 is 2.06 bits per heavy atom. The van der Waals surface area contributed by atoms with Crippen LogP contribution >= 0.6 is 0 Å². The van der Waals surface area contributed by atoms with Crippen molar-refractivity contribution >= 4 is 11.6 Å². The van der Waals surface area contributed by atoms with Crippen LogP contribution < -0.4 is 11.1 Å². The molecule has 1 fully saturated rings. The molecule has 4 atom stereocenters. The molecule has 36 heavy (non-hydrogen) atoms. The smallest absolute Gasteiger partial charge is 0.168 e. The molecule has 0 aliphatic carbocycles. The molecule has 188 valence electrons. The van der Waals surface area contributed by atoms with Gasteiger partial charge in [0.05, 0.1) is 0 Å². The molecule has 1 heterocycles. The van der Waals surface area contributed by atoms with Crippen molar-refractivity contribution in [3.05, 3.63) is 94.8 Å². The molecule has 1 aliphatic heterocycles. The number of phenolic OH excluding ortho intramolecular Hbond substituents is 2. The van der Waals surface area contributed by atoms with Crippen LogP contribution in [-0.4, -0.2) is 39.9 Å². The molecule has 0 radical (unpaired) electrons. The molecule has 1 unspecified atom stereocenters. The van der Waals surface area contributed by atoms with E-state index in [2.05, 4.69) is 5.32 Å². The number of nitrogens with two attached hydrogens (primary N) is 1. The zero-order valence-electron chi connectivity index (χ0n) is 20.5. The fourth-order valence-electron chi connectivity index (χ4n) is 5.38. The monoisotopic (exact) mass is 490 g/mol. The summed E-state index contributed by atoms with van der Waals surface area (Å²) in [6, 6.07) is 16.3. The second-order valence-corrected chi connectivity index (χ2v) is 10.1. The first-order chi connectivity index (χ1) is 17.0. The topological polar surface area (TPSA) is 113 Å². The molecule has 0 spiro atoms. The first-order valence-electron chi connectivity index (χ1n) is 11.9. The lowest BCUT2D eigenvalue weighted by Gasteiger charge is -2.48. The molecule has 6 nitrogen and oxygen atoms in total. The van der Waals surface area contributed by atoms with Gasteiger partial charge in [0.25, 0.3) is 0 Å². The normalized spacial score (nSPS) is 22.2. The highest BCUT2D eigenvalue weighted by Gasteiger charge is 2.50. The molecule has 1 aliphatic rings. The van der Waals surface area contributed by atoms with Gasteiger partial charge in [0, 0.05) is 47.0 Å².